The summed E-state index contributed by atoms with van der Waals surface area (Å²) in [6, 6.07) is 12.1. The molecule has 2 amide bonds. The Morgan fingerprint density at radius 1 is 1.04 bits per heavy atom. The summed E-state index contributed by atoms with van der Waals surface area (Å²) < 4.78 is 13.8. The topological polar surface area (TPSA) is 65.5 Å². The number of nitrogens with zero attached hydrogens (tertiary/aromatic N) is 3. The van der Waals surface area contributed by atoms with Crippen molar-refractivity contribution < 1.29 is 14.0 Å². The van der Waals surface area contributed by atoms with Crippen molar-refractivity contribution in [3.05, 3.63) is 60.2 Å². The average molecular weight is 356 g/mol. The second kappa shape index (κ2) is 8.42. The third-order valence-electron chi connectivity index (χ3n) is 4.33. The molecule has 0 spiro atoms. The van der Waals surface area contributed by atoms with E-state index in [9.17, 15) is 14.0 Å². The maximum Gasteiger partial charge on any atom is 0.232 e. The van der Waals surface area contributed by atoms with Gasteiger partial charge in [0.1, 0.15) is 12.2 Å². The summed E-state index contributed by atoms with van der Waals surface area (Å²) in [4.78, 5) is 31.9. The molecule has 136 valence electrons. The Morgan fingerprint density at radius 2 is 1.77 bits per heavy atom. The molecule has 1 fully saturated rings. The highest BCUT2D eigenvalue weighted by atomic mass is 19.1. The van der Waals surface area contributed by atoms with Crippen LogP contribution in [0.5, 0.6) is 0 Å². The Bertz CT molecular complexity index is 761. The summed E-state index contributed by atoms with van der Waals surface area (Å²) in [6.07, 6.45) is 1.47. The zero-order valence-corrected chi connectivity index (χ0v) is 14.4. The van der Waals surface area contributed by atoms with Crippen LogP contribution in [0, 0.1) is 5.82 Å². The number of halogens is 1. The monoisotopic (exact) mass is 356 g/mol. The number of carbonyl (C=O) groups excluding carboxylic acids is 2. The fraction of sp³-hybridized carbons (Fsp3) is 0.316. The summed E-state index contributed by atoms with van der Waals surface area (Å²) in [5, 5.41) is 2.70. The van der Waals surface area contributed by atoms with Gasteiger partial charge in [-0.1, -0.05) is 18.2 Å². The maximum atomic E-state index is 13.8. The molecule has 1 aromatic carbocycles. The molecule has 0 bridgehead atoms. The van der Waals surface area contributed by atoms with Crippen LogP contribution < -0.4 is 10.2 Å². The van der Waals surface area contributed by atoms with Gasteiger partial charge in [-0.25, -0.2) is 4.39 Å². The minimum Gasteiger partial charge on any atom is -0.366 e. The van der Waals surface area contributed by atoms with E-state index in [1.165, 1.54) is 6.07 Å². The molecule has 1 aromatic heterocycles. The zero-order chi connectivity index (χ0) is 18.4. The Kier molecular flexibility index (Phi) is 5.78. The van der Waals surface area contributed by atoms with Crippen molar-refractivity contribution in [2.24, 2.45) is 0 Å². The zero-order valence-electron chi connectivity index (χ0n) is 14.4. The molecule has 1 aliphatic heterocycles. The van der Waals surface area contributed by atoms with Gasteiger partial charge >= 0.3 is 0 Å². The molecule has 2 heterocycles. The molecule has 1 saturated heterocycles. The molecule has 0 saturated carbocycles. The summed E-state index contributed by atoms with van der Waals surface area (Å²) in [5.74, 6) is -0.796. The van der Waals surface area contributed by atoms with E-state index in [2.05, 4.69) is 10.3 Å². The van der Waals surface area contributed by atoms with Gasteiger partial charge in [-0.15, -0.1) is 0 Å². The lowest BCUT2D eigenvalue weighted by molar-refractivity contribution is -0.136. The lowest BCUT2D eigenvalue weighted by atomic mass is 10.2. The largest absolute Gasteiger partial charge is 0.366 e. The van der Waals surface area contributed by atoms with Crippen LogP contribution >= 0.6 is 0 Å². The summed E-state index contributed by atoms with van der Waals surface area (Å²) in [5.41, 5.74) is 1.29. The Hall–Kier alpha value is -2.96. The molecule has 0 atom stereocenters. The van der Waals surface area contributed by atoms with E-state index in [0.29, 0.717) is 38.4 Å². The first-order valence-corrected chi connectivity index (χ1v) is 8.57. The molecular formula is C19H21FN4O2. The number of amides is 2. The molecule has 26 heavy (non-hydrogen) atoms. The minimum absolute atomic E-state index is 0.188. The summed E-state index contributed by atoms with van der Waals surface area (Å²) >= 11 is 0. The summed E-state index contributed by atoms with van der Waals surface area (Å²) in [7, 11) is 0. The number of aromatic nitrogens is 1. The smallest absolute Gasteiger partial charge is 0.232 e. The van der Waals surface area contributed by atoms with Crippen molar-refractivity contribution in [1.82, 2.24) is 15.2 Å². The van der Waals surface area contributed by atoms with E-state index >= 15 is 0 Å². The molecule has 0 aliphatic carbocycles. The van der Waals surface area contributed by atoms with Crippen LogP contribution in [0.3, 0.4) is 0 Å². The highest BCUT2D eigenvalue weighted by Gasteiger charge is 2.23. The number of rotatable bonds is 5. The van der Waals surface area contributed by atoms with Crippen LogP contribution in [0.2, 0.25) is 0 Å². The van der Waals surface area contributed by atoms with Gasteiger partial charge in [-0.05, 0) is 24.3 Å². The van der Waals surface area contributed by atoms with Crippen molar-refractivity contribution >= 4 is 17.5 Å². The molecule has 2 aromatic rings. The van der Waals surface area contributed by atoms with E-state index in [4.69, 9.17) is 0 Å². The van der Waals surface area contributed by atoms with Crippen LogP contribution in [0.4, 0.5) is 10.1 Å². The number of nitrogens with one attached hydrogen (secondary N) is 1. The number of pyridine rings is 1. The van der Waals surface area contributed by atoms with Gasteiger partial charge in [0.25, 0.3) is 0 Å². The number of hydrogen-bond donors (Lipinski definition) is 1. The SMILES string of the molecule is O=C(CC(=O)N1CCN(c2ccccc2F)CC1)NCc1ccccn1. The molecule has 0 unspecified atom stereocenters. The summed E-state index contributed by atoms with van der Waals surface area (Å²) in [6.45, 7) is 2.33. The molecule has 3 rings (SSSR count). The third kappa shape index (κ3) is 4.56. The lowest BCUT2D eigenvalue weighted by Crippen LogP contribution is -2.49. The van der Waals surface area contributed by atoms with Crippen LogP contribution in [-0.4, -0.2) is 47.9 Å². The number of piperazine rings is 1. The second-order valence-corrected chi connectivity index (χ2v) is 6.09. The minimum atomic E-state index is -0.322. The van der Waals surface area contributed by atoms with Crippen molar-refractivity contribution in [2.45, 2.75) is 13.0 Å². The normalized spacial score (nSPS) is 14.2. The number of anilines is 1. The number of carbonyl (C=O) groups is 2. The van der Waals surface area contributed by atoms with E-state index in [1.54, 1.807) is 35.4 Å². The van der Waals surface area contributed by atoms with Gasteiger partial charge in [0.2, 0.25) is 11.8 Å². The highest BCUT2D eigenvalue weighted by molar-refractivity contribution is 5.96. The molecule has 1 N–H and O–H groups in total. The Morgan fingerprint density at radius 3 is 2.46 bits per heavy atom. The quantitative estimate of drug-likeness (QED) is 0.826. The number of hydrogen-bond acceptors (Lipinski definition) is 4. The third-order valence-corrected chi connectivity index (χ3v) is 4.33. The predicted molar refractivity (Wildman–Crippen MR) is 95.9 cm³/mol. The van der Waals surface area contributed by atoms with E-state index in [0.717, 1.165) is 5.69 Å². The van der Waals surface area contributed by atoms with Gasteiger partial charge in [-0.3, -0.25) is 14.6 Å². The van der Waals surface area contributed by atoms with E-state index < -0.39 is 0 Å². The number of benzene rings is 1. The standard InChI is InChI=1S/C19H21FN4O2/c20-16-6-1-2-7-17(16)23-9-11-24(12-10-23)19(26)13-18(25)22-14-15-5-3-4-8-21-15/h1-8H,9-14H2,(H,22,25). The van der Waals surface area contributed by atoms with Crippen molar-refractivity contribution in [1.29, 1.82) is 0 Å². The first-order chi connectivity index (χ1) is 12.6. The predicted octanol–water partition coefficient (Wildman–Crippen LogP) is 1.58. The molecule has 0 radical (unpaired) electrons. The average Bonchev–Trinajstić information content (AvgIpc) is 2.68. The molecule has 1 aliphatic rings. The lowest BCUT2D eigenvalue weighted by Gasteiger charge is -2.36. The van der Waals surface area contributed by atoms with E-state index in [-0.39, 0.29) is 24.1 Å². The van der Waals surface area contributed by atoms with Crippen molar-refractivity contribution in [3.63, 3.8) is 0 Å². The molecule has 7 heteroatoms. The number of para-hydroxylation sites is 1. The maximum absolute atomic E-state index is 13.8. The van der Waals surface area contributed by atoms with Gasteiger partial charge in [0.05, 0.1) is 17.9 Å². The van der Waals surface area contributed by atoms with Crippen LogP contribution in [-0.2, 0) is 16.1 Å². The fourth-order valence-corrected chi connectivity index (χ4v) is 2.91. The Balaban J connectivity index is 1.45. The first-order valence-electron chi connectivity index (χ1n) is 8.57. The van der Waals surface area contributed by atoms with Gasteiger partial charge < -0.3 is 15.1 Å². The Labute approximate surface area is 151 Å². The first kappa shape index (κ1) is 17.8. The highest BCUT2D eigenvalue weighted by Crippen LogP contribution is 2.20. The van der Waals surface area contributed by atoms with Gasteiger partial charge in [-0.2, -0.15) is 0 Å². The van der Waals surface area contributed by atoms with Gasteiger partial charge in [0, 0.05) is 32.4 Å². The van der Waals surface area contributed by atoms with Crippen LogP contribution in [0.25, 0.3) is 0 Å². The van der Waals surface area contributed by atoms with Crippen molar-refractivity contribution in [3.8, 4) is 0 Å². The fourth-order valence-electron chi connectivity index (χ4n) is 2.91. The van der Waals surface area contributed by atoms with E-state index in [1.807, 2.05) is 17.0 Å². The van der Waals surface area contributed by atoms with Crippen LogP contribution in [0.1, 0.15) is 12.1 Å². The molecule has 6 nitrogen and oxygen atoms in total. The van der Waals surface area contributed by atoms with Crippen molar-refractivity contribution in [2.75, 3.05) is 31.1 Å². The molecular weight excluding hydrogens is 335 g/mol. The van der Waals surface area contributed by atoms with Crippen LogP contribution in [0.15, 0.2) is 48.7 Å². The van der Waals surface area contributed by atoms with Gasteiger partial charge in [0.15, 0.2) is 0 Å². The second-order valence-electron chi connectivity index (χ2n) is 6.09.